The molecule has 0 radical (unpaired) electrons. The van der Waals surface area contributed by atoms with Gasteiger partial charge in [-0.2, -0.15) is 0 Å². The van der Waals surface area contributed by atoms with Crippen molar-refractivity contribution in [3.05, 3.63) is 71.3 Å². The minimum Gasteiger partial charge on any atom is -0.340 e. The first-order valence-corrected chi connectivity index (χ1v) is 11.4. The third kappa shape index (κ3) is 6.33. The maximum Gasteiger partial charge on any atom is 0.227 e. The summed E-state index contributed by atoms with van der Waals surface area (Å²) in [5.41, 5.74) is 3.72. The van der Waals surface area contributed by atoms with Crippen molar-refractivity contribution in [3.8, 4) is 0 Å². The van der Waals surface area contributed by atoms with Gasteiger partial charge in [-0.25, -0.2) is 0 Å². The summed E-state index contributed by atoms with van der Waals surface area (Å²) >= 11 is 0. The molecule has 2 aliphatic rings. The molecule has 1 amide bonds. The monoisotopic (exact) mass is 426 g/mol. The van der Waals surface area contributed by atoms with Crippen molar-refractivity contribution in [2.45, 2.75) is 57.4 Å². The Morgan fingerprint density at radius 1 is 0.767 bits per heavy atom. The standard InChI is InChI=1S/C26H34N2O.ClH/c29-26(28-17-15-27(16-18-28)25-13-6-1-2-7-14-25)21-24-12-8-11-23(20-24)19-22-9-4-3-5-10-22;/h3-5,8-12,20,25H,1-2,6-7,13-19,21H2;1H. The lowest BCUT2D eigenvalue weighted by molar-refractivity contribution is -0.132. The molecule has 2 aromatic carbocycles. The molecule has 0 unspecified atom stereocenters. The van der Waals surface area contributed by atoms with E-state index in [9.17, 15) is 4.79 Å². The fourth-order valence-electron chi connectivity index (χ4n) is 4.93. The highest BCUT2D eigenvalue weighted by atomic mass is 35.5. The van der Waals surface area contributed by atoms with E-state index in [0.29, 0.717) is 6.42 Å². The van der Waals surface area contributed by atoms with E-state index in [1.54, 1.807) is 0 Å². The molecule has 30 heavy (non-hydrogen) atoms. The summed E-state index contributed by atoms with van der Waals surface area (Å²) in [5, 5.41) is 0. The molecule has 3 nitrogen and oxygen atoms in total. The summed E-state index contributed by atoms with van der Waals surface area (Å²) in [6, 6.07) is 19.8. The topological polar surface area (TPSA) is 23.6 Å². The Hall–Kier alpha value is -1.84. The molecule has 1 aliphatic heterocycles. The summed E-state index contributed by atoms with van der Waals surface area (Å²) < 4.78 is 0. The lowest BCUT2D eigenvalue weighted by atomic mass is 10.0. The van der Waals surface area contributed by atoms with Gasteiger partial charge in [-0.15, -0.1) is 12.4 Å². The fourth-order valence-corrected chi connectivity index (χ4v) is 4.93. The lowest BCUT2D eigenvalue weighted by Gasteiger charge is -2.39. The number of amides is 1. The van der Waals surface area contributed by atoms with Crippen molar-refractivity contribution >= 4 is 18.3 Å². The van der Waals surface area contributed by atoms with Crippen LogP contribution in [0, 0.1) is 0 Å². The molecule has 1 heterocycles. The zero-order chi connectivity index (χ0) is 19.9. The van der Waals surface area contributed by atoms with Crippen LogP contribution < -0.4 is 0 Å². The Balaban J connectivity index is 0.00000256. The van der Waals surface area contributed by atoms with Gasteiger partial charge in [0.1, 0.15) is 0 Å². The summed E-state index contributed by atoms with van der Waals surface area (Å²) in [6.45, 7) is 3.87. The fraction of sp³-hybridized carbons (Fsp3) is 0.500. The molecular weight excluding hydrogens is 392 g/mol. The second-order valence-corrected chi connectivity index (χ2v) is 8.72. The highest BCUT2D eigenvalue weighted by Gasteiger charge is 2.26. The smallest absolute Gasteiger partial charge is 0.227 e. The Kier molecular flexibility index (Phi) is 8.77. The van der Waals surface area contributed by atoms with Gasteiger partial charge in [-0.05, 0) is 36.0 Å². The molecular formula is C26H35ClN2O. The summed E-state index contributed by atoms with van der Waals surface area (Å²) in [7, 11) is 0. The van der Waals surface area contributed by atoms with Crippen LogP contribution in [0.4, 0.5) is 0 Å². The van der Waals surface area contributed by atoms with E-state index in [1.807, 2.05) is 6.07 Å². The van der Waals surface area contributed by atoms with Gasteiger partial charge < -0.3 is 4.90 Å². The number of carbonyl (C=O) groups is 1. The second kappa shape index (κ2) is 11.5. The van der Waals surface area contributed by atoms with E-state index in [4.69, 9.17) is 0 Å². The molecule has 1 saturated heterocycles. The summed E-state index contributed by atoms with van der Waals surface area (Å²) in [4.78, 5) is 17.6. The largest absolute Gasteiger partial charge is 0.340 e. The van der Waals surface area contributed by atoms with Crippen LogP contribution in [0.25, 0.3) is 0 Å². The number of carbonyl (C=O) groups excluding carboxylic acids is 1. The second-order valence-electron chi connectivity index (χ2n) is 8.72. The van der Waals surface area contributed by atoms with Crippen LogP contribution in [0.15, 0.2) is 54.6 Å². The van der Waals surface area contributed by atoms with Gasteiger partial charge in [0.2, 0.25) is 5.91 Å². The predicted octanol–water partition coefficient (Wildman–Crippen LogP) is 5.11. The molecule has 0 N–H and O–H groups in total. The van der Waals surface area contributed by atoms with Crippen molar-refractivity contribution in [1.29, 1.82) is 0 Å². The molecule has 2 fully saturated rings. The van der Waals surface area contributed by atoms with Gasteiger partial charge in [0.15, 0.2) is 0 Å². The average molecular weight is 427 g/mol. The van der Waals surface area contributed by atoms with E-state index in [-0.39, 0.29) is 18.3 Å². The normalized spacial score (nSPS) is 18.5. The first kappa shape index (κ1) is 22.8. The number of rotatable bonds is 5. The van der Waals surface area contributed by atoms with Crippen molar-refractivity contribution in [2.24, 2.45) is 0 Å². The molecule has 4 heteroatoms. The van der Waals surface area contributed by atoms with Gasteiger partial charge in [-0.1, -0.05) is 80.3 Å². The van der Waals surface area contributed by atoms with Gasteiger partial charge in [-0.3, -0.25) is 9.69 Å². The van der Waals surface area contributed by atoms with E-state index in [2.05, 4.69) is 58.3 Å². The number of piperazine rings is 1. The third-order valence-corrected chi connectivity index (χ3v) is 6.61. The van der Waals surface area contributed by atoms with Gasteiger partial charge >= 0.3 is 0 Å². The van der Waals surface area contributed by atoms with Crippen molar-refractivity contribution in [3.63, 3.8) is 0 Å². The Morgan fingerprint density at radius 3 is 2.10 bits per heavy atom. The van der Waals surface area contributed by atoms with Gasteiger partial charge in [0, 0.05) is 32.2 Å². The lowest BCUT2D eigenvalue weighted by Crippen LogP contribution is -2.52. The third-order valence-electron chi connectivity index (χ3n) is 6.61. The number of hydrogen-bond donors (Lipinski definition) is 0. The summed E-state index contributed by atoms with van der Waals surface area (Å²) in [6.07, 6.45) is 9.70. The molecule has 0 spiro atoms. The van der Waals surface area contributed by atoms with Crippen LogP contribution in [0.3, 0.4) is 0 Å². The first-order valence-electron chi connectivity index (χ1n) is 11.4. The van der Waals surface area contributed by atoms with E-state index in [0.717, 1.165) is 44.2 Å². The molecule has 162 valence electrons. The molecule has 0 aromatic heterocycles. The molecule has 0 bridgehead atoms. The van der Waals surface area contributed by atoms with Crippen LogP contribution in [-0.4, -0.2) is 47.9 Å². The Bertz CT molecular complexity index is 779. The van der Waals surface area contributed by atoms with Gasteiger partial charge in [0.25, 0.3) is 0 Å². The van der Waals surface area contributed by atoms with Crippen LogP contribution in [-0.2, 0) is 17.6 Å². The minimum absolute atomic E-state index is 0. The quantitative estimate of drug-likeness (QED) is 0.620. The number of hydrogen-bond acceptors (Lipinski definition) is 2. The molecule has 4 rings (SSSR count). The Morgan fingerprint density at radius 2 is 1.40 bits per heavy atom. The maximum atomic E-state index is 12.9. The zero-order valence-electron chi connectivity index (χ0n) is 18.0. The predicted molar refractivity (Wildman–Crippen MR) is 126 cm³/mol. The van der Waals surface area contributed by atoms with E-state index >= 15 is 0 Å². The Labute approximate surface area is 187 Å². The van der Waals surface area contributed by atoms with E-state index in [1.165, 1.54) is 49.7 Å². The highest BCUT2D eigenvalue weighted by Crippen LogP contribution is 2.23. The van der Waals surface area contributed by atoms with Crippen LogP contribution in [0.1, 0.15) is 55.2 Å². The van der Waals surface area contributed by atoms with Crippen LogP contribution in [0.2, 0.25) is 0 Å². The zero-order valence-corrected chi connectivity index (χ0v) is 18.8. The maximum absolute atomic E-state index is 12.9. The molecule has 1 saturated carbocycles. The minimum atomic E-state index is 0. The summed E-state index contributed by atoms with van der Waals surface area (Å²) in [5.74, 6) is 0.280. The van der Waals surface area contributed by atoms with E-state index < -0.39 is 0 Å². The van der Waals surface area contributed by atoms with Crippen molar-refractivity contribution in [1.82, 2.24) is 9.80 Å². The molecule has 1 aliphatic carbocycles. The van der Waals surface area contributed by atoms with Gasteiger partial charge in [0.05, 0.1) is 6.42 Å². The van der Waals surface area contributed by atoms with Crippen LogP contribution >= 0.6 is 12.4 Å². The average Bonchev–Trinajstić information content (AvgIpc) is 3.04. The van der Waals surface area contributed by atoms with Crippen molar-refractivity contribution < 1.29 is 4.79 Å². The highest BCUT2D eigenvalue weighted by molar-refractivity contribution is 5.85. The van der Waals surface area contributed by atoms with Crippen molar-refractivity contribution in [2.75, 3.05) is 26.2 Å². The number of benzene rings is 2. The molecule has 2 aromatic rings. The number of halogens is 1. The molecule has 0 atom stereocenters. The SMILES string of the molecule is Cl.O=C(Cc1cccc(Cc2ccccc2)c1)N1CCN(C2CCCCCC2)CC1. The number of nitrogens with zero attached hydrogens (tertiary/aromatic N) is 2. The first-order chi connectivity index (χ1) is 14.3. The van der Waals surface area contributed by atoms with Crippen LogP contribution in [0.5, 0.6) is 0 Å².